The number of hydrogen-bond acceptors (Lipinski definition) is 3. The van der Waals surface area contributed by atoms with Gasteiger partial charge in [0.1, 0.15) is 0 Å². The van der Waals surface area contributed by atoms with Crippen LogP contribution in [-0.4, -0.2) is 0 Å². The maximum absolute atomic E-state index is 8.30. The van der Waals surface area contributed by atoms with Gasteiger partial charge in [0.25, 0.3) is 0 Å². The molecule has 0 unspecified atom stereocenters. The molecule has 54 valence electrons. The third-order valence-corrected chi connectivity index (χ3v) is 1.14. The third-order valence-electron chi connectivity index (χ3n) is 1.14. The molecule has 1 aromatic carbocycles. The number of benzene rings is 1. The van der Waals surface area contributed by atoms with Crippen molar-refractivity contribution in [2.24, 2.45) is 16.2 Å². The Bertz CT molecular complexity index is 294. The first kappa shape index (κ1) is 7.15. The van der Waals surface area contributed by atoms with Crippen molar-refractivity contribution in [2.75, 3.05) is 0 Å². The van der Waals surface area contributed by atoms with Crippen molar-refractivity contribution in [3.8, 4) is 0 Å². The standard InChI is InChI=1S/C6H6N5/c7-9-5-1-3-6(4-2-5)10-11-8/h1-4H,(H2,8,10)/q+1. The normalized spacial score (nSPS) is 9.73. The van der Waals surface area contributed by atoms with E-state index in [1.807, 2.05) is 0 Å². The summed E-state index contributed by atoms with van der Waals surface area (Å²) >= 11 is 0. The maximum Gasteiger partial charge on any atom is 0.385 e. The van der Waals surface area contributed by atoms with Crippen LogP contribution in [0.4, 0.5) is 11.4 Å². The van der Waals surface area contributed by atoms with Crippen molar-refractivity contribution >= 4 is 11.4 Å². The Morgan fingerprint density at radius 2 is 1.91 bits per heavy atom. The van der Waals surface area contributed by atoms with E-state index in [4.69, 9.17) is 11.2 Å². The molecule has 0 heterocycles. The number of hydrogen-bond donors (Lipinski definition) is 1. The summed E-state index contributed by atoms with van der Waals surface area (Å²) < 4.78 is 0. The molecule has 0 spiro atoms. The van der Waals surface area contributed by atoms with Crippen molar-refractivity contribution in [1.82, 2.24) is 0 Å². The SMILES string of the molecule is N#[N+]c1ccc(N=NN)cc1. The molecule has 2 N–H and O–H groups in total. The maximum atomic E-state index is 8.30. The number of nitrogens with zero attached hydrogens (tertiary/aromatic N) is 4. The van der Waals surface area contributed by atoms with Crippen molar-refractivity contribution in [3.05, 3.63) is 29.2 Å². The summed E-state index contributed by atoms with van der Waals surface area (Å²) in [6.45, 7) is 0. The lowest BCUT2D eigenvalue weighted by molar-refractivity contribution is 1.06. The molecular formula is C6H6N5+. The molecule has 0 aliphatic rings. The number of nitrogens with two attached hydrogens (primary N) is 1. The predicted octanol–water partition coefficient (Wildman–Crippen LogP) is 2.13. The quantitative estimate of drug-likeness (QED) is 0.286. The lowest BCUT2D eigenvalue weighted by Gasteiger charge is -1.83. The van der Waals surface area contributed by atoms with Gasteiger partial charge in [0, 0.05) is 12.1 Å². The fourth-order valence-corrected chi connectivity index (χ4v) is 0.653. The van der Waals surface area contributed by atoms with Gasteiger partial charge in [0.2, 0.25) is 5.39 Å². The van der Waals surface area contributed by atoms with Gasteiger partial charge < -0.3 is 5.84 Å². The van der Waals surface area contributed by atoms with Crippen molar-refractivity contribution in [2.45, 2.75) is 0 Å². The molecule has 5 nitrogen and oxygen atoms in total. The van der Waals surface area contributed by atoms with Crippen LogP contribution in [0.25, 0.3) is 4.98 Å². The highest BCUT2D eigenvalue weighted by atomic mass is 15.3. The monoisotopic (exact) mass is 148 g/mol. The molecule has 0 atom stereocenters. The highest BCUT2D eigenvalue weighted by Crippen LogP contribution is 2.17. The minimum atomic E-state index is 0.473. The number of rotatable bonds is 1. The Kier molecular flexibility index (Phi) is 2.13. The van der Waals surface area contributed by atoms with E-state index >= 15 is 0 Å². The van der Waals surface area contributed by atoms with Crippen LogP contribution in [0.1, 0.15) is 0 Å². The van der Waals surface area contributed by atoms with E-state index in [1.54, 1.807) is 24.3 Å². The first-order valence-corrected chi connectivity index (χ1v) is 2.93. The van der Waals surface area contributed by atoms with E-state index in [-0.39, 0.29) is 0 Å². The summed E-state index contributed by atoms with van der Waals surface area (Å²) in [5.74, 6) is 4.82. The molecule has 0 aliphatic carbocycles. The van der Waals surface area contributed by atoms with Crippen LogP contribution in [0.3, 0.4) is 0 Å². The van der Waals surface area contributed by atoms with E-state index in [2.05, 4.69) is 15.3 Å². The van der Waals surface area contributed by atoms with Crippen LogP contribution in [0.15, 0.2) is 34.6 Å². The Balaban J connectivity index is 2.94. The fraction of sp³-hybridized carbons (Fsp3) is 0. The molecule has 0 bridgehead atoms. The minimum Gasteiger partial charge on any atom is -0.305 e. The van der Waals surface area contributed by atoms with Gasteiger partial charge in [0.05, 0.1) is 5.69 Å². The highest BCUT2D eigenvalue weighted by Gasteiger charge is 2.00. The van der Waals surface area contributed by atoms with Crippen LogP contribution in [0.5, 0.6) is 0 Å². The van der Waals surface area contributed by atoms with Crippen LogP contribution in [0.2, 0.25) is 0 Å². The predicted molar refractivity (Wildman–Crippen MR) is 39.9 cm³/mol. The summed E-state index contributed by atoms with van der Waals surface area (Å²) in [6, 6.07) is 6.49. The summed E-state index contributed by atoms with van der Waals surface area (Å²) in [7, 11) is 0. The Morgan fingerprint density at radius 3 is 2.36 bits per heavy atom. The third kappa shape index (κ3) is 1.72. The van der Waals surface area contributed by atoms with Crippen molar-refractivity contribution in [3.63, 3.8) is 0 Å². The second-order valence-electron chi connectivity index (χ2n) is 1.83. The molecule has 5 heteroatoms. The average Bonchev–Trinajstić information content (AvgIpc) is 2.07. The van der Waals surface area contributed by atoms with E-state index in [9.17, 15) is 0 Å². The lowest BCUT2D eigenvalue weighted by atomic mass is 10.3. The van der Waals surface area contributed by atoms with Gasteiger partial charge in [0.15, 0.2) is 4.98 Å². The van der Waals surface area contributed by atoms with Gasteiger partial charge in [-0.3, -0.25) is 0 Å². The highest BCUT2D eigenvalue weighted by molar-refractivity contribution is 5.50. The first-order chi connectivity index (χ1) is 5.36. The molecule has 0 amide bonds. The smallest absolute Gasteiger partial charge is 0.305 e. The minimum absolute atomic E-state index is 0.473. The summed E-state index contributed by atoms with van der Waals surface area (Å²) in [5, 5.41) is 15.0. The van der Waals surface area contributed by atoms with Gasteiger partial charge in [-0.1, -0.05) is 5.22 Å². The largest absolute Gasteiger partial charge is 0.385 e. The number of diazo groups is 1. The molecule has 1 aromatic rings. The van der Waals surface area contributed by atoms with Gasteiger partial charge in [-0.2, -0.15) is 0 Å². The Morgan fingerprint density at radius 1 is 1.27 bits per heavy atom. The molecule has 0 fully saturated rings. The van der Waals surface area contributed by atoms with E-state index in [0.29, 0.717) is 11.4 Å². The summed E-state index contributed by atoms with van der Waals surface area (Å²) in [6.07, 6.45) is 0. The Labute approximate surface area is 63.1 Å². The zero-order valence-electron chi connectivity index (χ0n) is 5.68. The van der Waals surface area contributed by atoms with Gasteiger partial charge in [-0.05, 0) is 12.1 Å². The van der Waals surface area contributed by atoms with Crippen LogP contribution >= 0.6 is 0 Å². The van der Waals surface area contributed by atoms with Crippen molar-refractivity contribution in [1.29, 1.82) is 5.39 Å². The second-order valence-corrected chi connectivity index (χ2v) is 1.83. The average molecular weight is 148 g/mol. The summed E-state index contributed by atoms with van der Waals surface area (Å²) in [5.41, 5.74) is 1.10. The zero-order chi connectivity index (χ0) is 8.10. The zero-order valence-corrected chi connectivity index (χ0v) is 5.68. The van der Waals surface area contributed by atoms with Crippen LogP contribution in [-0.2, 0) is 0 Å². The molecule has 0 saturated carbocycles. The fourth-order valence-electron chi connectivity index (χ4n) is 0.653. The van der Waals surface area contributed by atoms with E-state index in [0.717, 1.165) is 0 Å². The van der Waals surface area contributed by atoms with Gasteiger partial charge in [-0.15, -0.1) is 5.11 Å². The second kappa shape index (κ2) is 3.27. The molecule has 0 aliphatic heterocycles. The molecule has 1 rings (SSSR count). The molecule has 0 saturated heterocycles. The van der Waals surface area contributed by atoms with Crippen LogP contribution < -0.4 is 5.84 Å². The molecule has 0 aromatic heterocycles. The summed E-state index contributed by atoms with van der Waals surface area (Å²) in [4.78, 5) is 2.97. The van der Waals surface area contributed by atoms with Gasteiger partial charge >= 0.3 is 5.69 Å². The molecular weight excluding hydrogens is 142 g/mol. The van der Waals surface area contributed by atoms with E-state index < -0.39 is 0 Å². The molecule has 11 heavy (non-hydrogen) atoms. The topological polar surface area (TPSA) is 78.9 Å². The Hall–Kier alpha value is -1.96. The van der Waals surface area contributed by atoms with Crippen LogP contribution in [0, 0.1) is 5.39 Å². The molecule has 0 radical (unpaired) electrons. The van der Waals surface area contributed by atoms with Crippen molar-refractivity contribution < 1.29 is 0 Å². The van der Waals surface area contributed by atoms with E-state index in [1.165, 1.54) is 0 Å². The lowest BCUT2D eigenvalue weighted by Crippen LogP contribution is -1.72. The first-order valence-electron chi connectivity index (χ1n) is 2.93. The van der Waals surface area contributed by atoms with Gasteiger partial charge in [-0.25, -0.2) is 0 Å².